The maximum Gasteiger partial charge on any atom is 0.416 e. The summed E-state index contributed by atoms with van der Waals surface area (Å²) in [7, 11) is 0. The molecule has 6 rings (SSSR count). The zero-order chi connectivity index (χ0) is 27.1. The molecule has 5 nitrogen and oxygen atoms in total. The number of benzene rings is 3. The average molecular weight is 535 g/mol. The second-order valence-corrected chi connectivity index (χ2v) is 10.8. The van der Waals surface area contributed by atoms with Gasteiger partial charge in [-0.2, -0.15) is 13.2 Å². The zero-order valence-corrected chi connectivity index (χ0v) is 22.1. The van der Waals surface area contributed by atoms with Crippen molar-refractivity contribution < 1.29 is 18.0 Å². The van der Waals surface area contributed by atoms with Gasteiger partial charge in [-0.15, -0.1) is 0 Å². The van der Waals surface area contributed by atoms with Crippen molar-refractivity contribution in [3.63, 3.8) is 0 Å². The summed E-state index contributed by atoms with van der Waals surface area (Å²) in [6.45, 7) is 6.64. The van der Waals surface area contributed by atoms with Crippen molar-refractivity contribution in [1.82, 2.24) is 4.90 Å². The first-order valence-corrected chi connectivity index (χ1v) is 13.6. The monoisotopic (exact) mass is 534 g/mol. The van der Waals surface area contributed by atoms with Crippen molar-refractivity contribution >= 4 is 23.0 Å². The van der Waals surface area contributed by atoms with Crippen LogP contribution >= 0.6 is 0 Å². The van der Waals surface area contributed by atoms with Gasteiger partial charge in [-0.05, 0) is 55.3 Å². The molecule has 0 radical (unpaired) electrons. The van der Waals surface area contributed by atoms with Crippen LogP contribution in [0.15, 0.2) is 72.8 Å². The quantitative estimate of drug-likeness (QED) is 0.461. The highest BCUT2D eigenvalue weighted by Crippen LogP contribution is 2.38. The van der Waals surface area contributed by atoms with E-state index in [4.69, 9.17) is 0 Å². The van der Waals surface area contributed by atoms with Crippen LogP contribution in [0.2, 0.25) is 0 Å². The largest absolute Gasteiger partial charge is 0.416 e. The lowest BCUT2D eigenvalue weighted by atomic mass is 9.82. The number of hydrogen-bond donors (Lipinski definition) is 0. The van der Waals surface area contributed by atoms with Gasteiger partial charge in [-0.3, -0.25) is 4.79 Å². The number of nitrogens with zero attached hydrogens (tertiary/aromatic N) is 4. The minimum absolute atomic E-state index is 0.0592. The molecule has 2 atom stereocenters. The molecule has 39 heavy (non-hydrogen) atoms. The van der Waals surface area contributed by atoms with Crippen LogP contribution in [0.4, 0.5) is 30.2 Å². The summed E-state index contributed by atoms with van der Waals surface area (Å²) in [5.41, 5.74) is 4.75. The Morgan fingerprint density at radius 3 is 2.26 bits per heavy atom. The third-order valence-electron chi connectivity index (χ3n) is 8.47. The molecule has 0 spiro atoms. The number of para-hydroxylation sites is 1. The molecule has 0 N–H and O–H groups in total. The van der Waals surface area contributed by atoms with Crippen molar-refractivity contribution in [2.75, 3.05) is 60.5 Å². The van der Waals surface area contributed by atoms with E-state index in [1.165, 1.54) is 34.6 Å². The Kier molecular flexibility index (Phi) is 6.65. The van der Waals surface area contributed by atoms with E-state index in [1.807, 2.05) is 15.9 Å². The van der Waals surface area contributed by atoms with Crippen LogP contribution in [-0.4, -0.2) is 62.7 Å². The highest BCUT2D eigenvalue weighted by atomic mass is 19.4. The van der Waals surface area contributed by atoms with Gasteiger partial charge >= 0.3 is 6.18 Å². The van der Waals surface area contributed by atoms with E-state index in [0.29, 0.717) is 38.3 Å². The van der Waals surface area contributed by atoms with Crippen LogP contribution in [0.5, 0.6) is 0 Å². The second kappa shape index (κ2) is 10.1. The van der Waals surface area contributed by atoms with Gasteiger partial charge in [0.1, 0.15) is 0 Å². The van der Waals surface area contributed by atoms with Gasteiger partial charge in [-0.25, -0.2) is 0 Å². The fourth-order valence-corrected chi connectivity index (χ4v) is 6.33. The Bertz CT molecular complexity index is 1330. The minimum atomic E-state index is -4.37. The molecular weight excluding hydrogens is 501 g/mol. The maximum absolute atomic E-state index is 14.0. The van der Waals surface area contributed by atoms with E-state index >= 15 is 0 Å². The predicted molar refractivity (Wildman–Crippen MR) is 148 cm³/mol. The van der Waals surface area contributed by atoms with Crippen LogP contribution in [0.3, 0.4) is 0 Å². The van der Waals surface area contributed by atoms with Crippen LogP contribution < -0.4 is 14.7 Å². The number of rotatable bonds is 3. The van der Waals surface area contributed by atoms with Gasteiger partial charge in [0, 0.05) is 62.9 Å². The highest BCUT2D eigenvalue weighted by Gasteiger charge is 2.43. The third kappa shape index (κ3) is 5.04. The molecule has 2 fully saturated rings. The molecule has 3 aliphatic heterocycles. The molecule has 1 amide bonds. The lowest BCUT2D eigenvalue weighted by Crippen LogP contribution is -2.62. The van der Waals surface area contributed by atoms with Gasteiger partial charge < -0.3 is 19.6 Å². The fraction of sp³-hybridized carbons (Fsp3) is 0.387. The number of piperazine rings is 2. The van der Waals surface area contributed by atoms with E-state index in [1.54, 1.807) is 6.07 Å². The normalized spacial score (nSPS) is 21.4. The number of carbonyl (C=O) groups excluding carboxylic acids is 1. The minimum Gasteiger partial charge on any atom is -0.368 e. The summed E-state index contributed by atoms with van der Waals surface area (Å²) < 4.78 is 39.7. The lowest BCUT2D eigenvalue weighted by Gasteiger charge is -2.50. The number of aryl methyl sites for hydroxylation is 1. The Hall–Kier alpha value is -3.68. The summed E-state index contributed by atoms with van der Waals surface area (Å²) in [6, 6.07) is 22.5. The summed E-state index contributed by atoms with van der Waals surface area (Å²) in [6.07, 6.45) is -3.67. The number of carbonyl (C=O) groups is 1. The molecule has 0 bridgehead atoms. The van der Waals surface area contributed by atoms with Crippen molar-refractivity contribution in [3.05, 3.63) is 89.5 Å². The summed E-state index contributed by atoms with van der Waals surface area (Å²) in [5.74, 6) is -0.0257. The Balaban J connectivity index is 1.20. The van der Waals surface area contributed by atoms with Crippen LogP contribution in [0.25, 0.3) is 0 Å². The van der Waals surface area contributed by atoms with Crippen LogP contribution in [-0.2, 0) is 17.4 Å². The topological polar surface area (TPSA) is 30.0 Å². The van der Waals surface area contributed by atoms with E-state index in [9.17, 15) is 18.0 Å². The Morgan fingerprint density at radius 1 is 0.795 bits per heavy atom. The van der Waals surface area contributed by atoms with Gasteiger partial charge in [0.15, 0.2) is 0 Å². The number of amides is 1. The zero-order valence-electron chi connectivity index (χ0n) is 22.1. The van der Waals surface area contributed by atoms with Gasteiger partial charge in [0.25, 0.3) is 0 Å². The third-order valence-corrected chi connectivity index (χ3v) is 8.47. The number of alkyl halides is 3. The van der Waals surface area contributed by atoms with E-state index < -0.39 is 11.7 Å². The number of anilines is 3. The first-order chi connectivity index (χ1) is 18.8. The molecule has 0 saturated carbocycles. The van der Waals surface area contributed by atoms with E-state index in [-0.39, 0.29) is 17.9 Å². The van der Waals surface area contributed by atoms with Gasteiger partial charge in [0.2, 0.25) is 5.91 Å². The number of halogens is 3. The summed E-state index contributed by atoms with van der Waals surface area (Å²) in [5, 5.41) is 0. The molecule has 204 valence electrons. The van der Waals surface area contributed by atoms with Gasteiger partial charge in [-0.1, -0.05) is 42.0 Å². The molecule has 0 aliphatic carbocycles. The maximum atomic E-state index is 14.0. The molecule has 3 aliphatic rings. The smallest absolute Gasteiger partial charge is 0.368 e. The first-order valence-electron chi connectivity index (χ1n) is 13.6. The number of hydrogen-bond acceptors (Lipinski definition) is 4. The molecule has 8 heteroatoms. The standard InChI is InChI=1S/C31H33F3N4O/c1-22-9-11-25(12-10-22)37-17-18-38-28-8-3-2-5-23(28)19-27(29(38)21-37)30(39)36-15-13-35(14-16-36)26-7-4-6-24(20-26)31(32,33)34/h2-12,20,27,29H,13-19,21H2,1H3/t27-,29+/m0/s1. The molecule has 2 saturated heterocycles. The summed E-state index contributed by atoms with van der Waals surface area (Å²) in [4.78, 5) is 22.7. The van der Waals surface area contributed by atoms with Crippen molar-refractivity contribution in [3.8, 4) is 0 Å². The SMILES string of the molecule is Cc1ccc(N2CCN3c4ccccc4C[C@H](C(=O)N4CCN(c5cccc(C(F)(F)F)c5)CC4)[C@H]3C2)cc1. The Labute approximate surface area is 227 Å². The average Bonchev–Trinajstić information content (AvgIpc) is 2.96. The molecule has 0 unspecified atom stereocenters. The predicted octanol–water partition coefficient (Wildman–Crippen LogP) is 5.23. The Morgan fingerprint density at radius 2 is 1.51 bits per heavy atom. The summed E-state index contributed by atoms with van der Waals surface area (Å²) >= 11 is 0. The van der Waals surface area contributed by atoms with E-state index in [2.05, 4.69) is 59.2 Å². The first kappa shape index (κ1) is 25.6. The second-order valence-electron chi connectivity index (χ2n) is 10.8. The molecular formula is C31H33F3N4O. The van der Waals surface area contributed by atoms with Crippen molar-refractivity contribution in [1.29, 1.82) is 0 Å². The number of fused-ring (bicyclic) bond motifs is 3. The van der Waals surface area contributed by atoms with Crippen molar-refractivity contribution in [2.24, 2.45) is 5.92 Å². The highest BCUT2D eigenvalue weighted by molar-refractivity contribution is 5.83. The molecule has 3 heterocycles. The lowest BCUT2D eigenvalue weighted by molar-refractivity contribution is -0.137. The van der Waals surface area contributed by atoms with E-state index in [0.717, 1.165) is 25.7 Å². The fourth-order valence-electron chi connectivity index (χ4n) is 6.33. The molecule has 3 aromatic carbocycles. The molecule has 3 aromatic rings. The van der Waals surface area contributed by atoms with Crippen LogP contribution in [0, 0.1) is 12.8 Å². The van der Waals surface area contributed by atoms with Crippen LogP contribution in [0.1, 0.15) is 16.7 Å². The van der Waals surface area contributed by atoms with Crippen molar-refractivity contribution in [2.45, 2.75) is 25.6 Å². The molecule has 0 aromatic heterocycles. The van der Waals surface area contributed by atoms with Gasteiger partial charge in [0.05, 0.1) is 17.5 Å².